The molecule has 0 aliphatic carbocycles. The molecular formula is C11H7BrClN3O. The molecular weight excluding hydrogens is 305 g/mol. The topological polar surface area (TPSA) is 39.4 Å². The zero-order valence-corrected chi connectivity index (χ0v) is 11.2. The Morgan fingerprint density at radius 3 is 3.00 bits per heavy atom. The van der Waals surface area contributed by atoms with Crippen LogP contribution >= 0.6 is 27.5 Å². The van der Waals surface area contributed by atoms with E-state index in [0.29, 0.717) is 10.8 Å². The smallest absolute Gasteiger partial charge is 0.157 e. The Balaban J connectivity index is 2.53. The lowest BCUT2D eigenvalue weighted by Gasteiger charge is -2.08. The number of aromatic nitrogens is 3. The molecule has 4 nitrogen and oxygen atoms in total. The van der Waals surface area contributed by atoms with E-state index in [1.807, 2.05) is 12.1 Å². The van der Waals surface area contributed by atoms with Crippen molar-refractivity contribution in [3.63, 3.8) is 0 Å². The van der Waals surface area contributed by atoms with Gasteiger partial charge in [0.15, 0.2) is 5.65 Å². The highest BCUT2D eigenvalue weighted by molar-refractivity contribution is 9.10. The lowest BCUT2D eigenvalue weighted by molar-refractivity contribution is 0.412. The van der Waals surface area contributed by atoms with Crippen LogP contribution in [0.5, 0.6) is 5.75 Å². The molecule has 0 unspecified atom stereocenters. The third kappa shape index (κ3) is 1.57. The summed E-state index contributed by atoms with van der Waals surface area (Å²) in [5, 5.41) is 5.50. The van der Waals surface area contributed by atoms with Crippen LogP contribution < -0.4 is 4.74 Å². The highest BCUT2D eigenvalue weighted by Crippen LogP contribution is 2.33. The van der Waals surface area contributed by atoms with Crippen LogP contribution in [-0.2, 0) is 0 Å². The van der Waals surface area contributed by atoms with Gasteiger partial charge in [-0.05, 0) is 22.0 Å². The second-order valence-electron chi connectivity index (χ2n) is 3.51. The SMILES string of the molecule is COc1cc2c(cc1Br)c(Cl)nc1ccnn12. The van der Waals surface area contributed by atoms with E-state index in [-0.39, 0.29) is 0 Å². The molecule has 3 aromatic rings. The Morgan fingerprint density at radius 1 is 1.41 bits per heavy atom. The highest BCUT2D eigenvalue weighted by Gasteiger charge is 2.11. The van der Waals surface area contributed by atoms with E-state index in [4.69, 9.17) is 16.3 Å². The molecule has 3 rings (SSSR count). The molecule has 0 aliphatic heterocycles. The van der Waals surface area contributed by atoms with Crippen molar-refractivity contribution in [2.75, 3.05) is 7.11 Å². The van der Waals surface area contributed by atoms with Crippen LogP contribution in [0, 0.1) is 0 Å². The first-order valence-electron chi connectivity index (χ1n) is 4.87. The number of hydrogen-bond acceptors (Lipinski definition) is 3. The largest absolute Gasteiger partial charge is 0.495 e. The predicted molar refractivity (Wildman–Crippen MR) is 69.8 cm³/mol. The van der Waals surface area contributed by atoms with Crippen LogP contribution in [0.2, 0.25) is 5.15 Å². The molecule has 6 heteroatoms. The summed E-state index contributed by atoms with van der Waals surface area (Å²) in [6.45, 7) is 0. The molecule has 1 aromatic carbocycles. The molecule has 0 saturated carbocycles. The Morgan fingerprint density at radius 2 is 2.24 bits per heavy atom. The van der Waals surface area contributed by atoms with E-state index in [9.17, 15) is 0 Å². The zero-order chi connectivity index (χ0) is 12.0. The summed E-state index contributed by atoms with van der Waals surface area (Å²) in [5.74, 6) is 0.733. The highest BCUT2D eigenvalue weighted by atomic mass is 79.9. The molecule has 0 atom stereocenters. The van der Waals surface area contributed by atoms with Gasteiger partial charge in [-0.3, -0.25) is 0 Å². The lowest BCUT2D eigenvalue weighted by Crippen LogP contribution is -1.95. The van der Waals surface area contributed by atoms with E-state index in [0.717, 1.165) is 21.1 Å². The van der Waals surface area contributed by atoms with Gasteiger partial charge in [0, 0.05) is 17.5 Å². The maximum atomic E-state index is 6.15. The van der Waals surface area contributed by atoms with Crippen LogP contribution in [0.4, 0.5) is 0 Å². The van der Waals surface area contributed by atoms with E-state index in [2.05, 4.69) is 26.0 Å². The van der Waals surface area contributed by atoms with Crippen molar-refractivity contribution < 1.29 is 4.74 Å². The molecule has 0 spiro atoms. The van der Waals surface area contributed by atoms with Gasteiger partial charge < -0.3 is 4.74 Å². The summed E-state index contributed by atoms with van der Waals surface area (Å²) < 4.78 is 7.84. The average Bonchev–Trinajstić information content (AvgIpc) is 2.77. The van der Waals surface area contributed by atoms with Crippen molar-refractivity contribution in [3.8, 4) is 5.75 Å². The number of methoxy groups -OCH3 is 1. The van der Waals surface area contributed by atoms with E-state index in [1.165, 1.54) is 0 Å². The fourth-order valence-corrected chi connectivity index (χ4v) is 2.51. The summed E-state index contributed by atoms with van der Waals surface area (Å²) in [6.07, 6.45) is 1.69. The monoisotopic (exact) mass is 311 g/mol. The number of benzene rings is 1. The van der Waals surface area contributed by atoms with E-state index < -0.39 is 0 Å². The molecule has 0 saturated heterocycles. The maximum Gasteiger partial charge on any atom is 0.157 e. The molecule has 0 amide bonds. The summed E-state index contributed by atoms with van der Waals surface area (Å²) in [5.41, 5.74) is 1.58. The minimum Gasteiger partial charge on any atom is -0.495 e. The molecule has 2 aromatic heterocycles. The van der Waals surface area contributed by atoms with Gasteiger partial charge in [0.2, 0.25) is 0 Å². The third-order valence-corrected chi connectivity index (χ3v) is 3.46. The summed E-state index contributed by atoms with van der Waals surface area (Å²) in [6, 6.07) is 5.57. The first-order chi connectivity index (χ1) is 8.20. The fraction of sp³-hybridized carbons (Fsp3) is 0.0909. The minimum atomic E-state index is 0.455. The standard InChI is InChI=1S/C11H7BrClN3O/c1-17-9-5-8-6(4-7(9)12)11(13)15-10-2-3-14-16(8)10/h2-5H,1H3. The molecule has 17 heavy (non-hydrogen) atoms. The van der Waals surface area contributed by atoms with Crippen LogP contribution in [0.1, 0.15) is 0 Å². The zero-order valence-electron chi connectivity index (χ0n) is 8.82. The number of halogens is 2. The van der Waals surface area contributed by atoms with Crippen molar-refractivity contribution in [1.29, 1.82) is 0 Å². The Bertz CT molecular complexity index is 725. The number of fused-ring (bicyclic) bond motifs is 3. The van der Waals surface area contributed by atoms with E-state index in [1.54, 1.807) is 23.9 Å². The van der Waals surface area contributed by atoms with Gasteiger partial charge in [0.1, 0.15) is 10.9 Å². The Hall–Kier alpha value is -1.33. The fourth-order valence-electron chi connectivity index (χ4n) is 1.77. The van der Waals surface area contributed by atoms with Crippen molar-refractivity contribution >= 4 is 44.1 Å². The predicted octanol–water partition coefficient (Wildman–Crippen LogP) is 3.31. The molecule has 86 valence electrons. The first-order valence-corrected chi connectivity index (χ1v) is 6.04. The van der Waals surface area contributed by atoms with Gasteiger partial charge in [0.25, 0.3) is 0 Å². The number of nitrogens with zero attached hydrogens (tertiary/aromatic N) is 3. The first kappa shape index (κ1) is 10.8. The quantitative estimate of drug-likeness (QED) is 0.647. The van der Waals surface area contributed by atoms with Crippen LogP contribution in [0.15, 0.2) is 28.9 Å². The third-order valence-electron chi connectivity index (χ3n) is 2.56. The van der Waals surface area contributed by atoms with Crippen molar-refractivity contribution in [2.24, 2.45) is 0 Å². The Labute approximate surface area is 110 Å². The lowest BCUT2D eigenvalue weighted by atomic mass is 10.2. The molecule has 0 aliphatic rings. The number of ether oxygens (including phenoxy) is 1. The van der Waals surface area contributed by atoms with Gasteiger partial charge in [-0.1, -0.05) is 11.6 Å². The Kier molecular flexibility index (Phi) is 2.45. The van der Waals surface area contributed by atoms with Crippen LogP contribution in [-0.4, -0.2) is 21.7 Å². The van der Waals surface area contributed by atoms with Gasteiger partial charge >= 0.3 is 0 Å². The van der Waals surface area contributed by atoms with Gasteiger partial charge in [-0.25, -0.2) is 9.50 Å². The number of rotatable bonds is 1. The summed E-state index contributed by atoms with van der Waals surface area (Å²) >= 11 is 9.57. The molecule has 0 radical (unpaired) electrons. The summed E-state index contributed by atoms with van der Waals surface area (Å²) in [4.78, 5) is 4.26. The molecule has 0 fully saturated rings. The maximum absolute atomic E-state index is 6.15. The van der Waals surface area contributed by atoms with Crippen LogP contribution in [0.3, 0.4) is 0 Å². The summed E-state index contributed by atoms with van der Waals surface area (Å²) in [7, 11) is 1.62. The van der Waals surface area contributed by atoms with Crippen molar-refractivity contribution in [1.82, 2.24) is 14.6 Å². The molecule has 2 heterocycles. The normalized spacial score (nSPS) is 11.2. The molecule has 0 N–H and O–H groups in total. The van der Waals surface area contributed by atoms with Gasteiger partial charge in [0.05, 0.1) is 23.3 Å². The van der Waals surface area contributed by atoms with Gasteiger partial charge in [-0.15, -0.1) is 0 Å². The van der Waals surface area contributed by atoms with E-state index >= 15 is 0 Å². The van der Waals surface area contributed by atoms with Gasteiger partial charge in [-0.2, -0.15) is 5.10 Å². The second-order valence-corrected chi connectivity index (χ2v) is 4.72. The van der Waals surface area contributed by atoms with Crippen LogP contribution in [0.25, 0.3) is 16.6 Å². The van der Waals surface area contributed by atoms with Crippen molar-refractivity contribution in [3.05, 3.63) is 34.0 Å². The second kappa shape index (κ2) is 3.85. The average molecular weight is 313 g/mol. The molecule has 0 bridgehead atoms. The number of hydrogen-bond donors (Lipinski definition) is 0. The van der Waals surface area contributed by atoms with Crippen molar-refractivity contribution in [2.45, 2.75) is 0 Å². The minimum absolute atomic E-state index is 0.455.